The van der Waals surface area contributed by atoms with Gasteiger partial charge in [-0.2, -0.15) is 0 Å². The van der Waals surface area contributed by atoms with Crippen LogP contribution in [0.2, 0.25) is 0 Å². The molecule has 0 spiro atoms. The van der Waals surface area contributed by atoms with E-state index in [9.17, 15) is 9.59 Å². The van der Waals surface area contributed by atoms with Crippen molar-refractivity contribution in [3.8, 4) is 22.8 Å². The number of hydrogen-bond donors (Lipinski definition) is 0. The second-order valence-electron chi connectivity index (χ2n) is 8.67. The first-order valence-corrected chi connectivity index (χ1v) is 12.4. The Morgan fingerprint density at radius 2 is 1.78 bits per heavy atom. The van der Waals surface area contributed by atoms with Gasteiger partial charge in [0, 0.05) is 45.4 Å². The molecule has 10 heteroatoms. The maximum absolute atomic E-state index is 13.0. The molecule has 1 saturated heterocycles. The molecule has 1 aromatic heterocycles. The number of unbranched alkanes of at least 4 members (excludes halogenated alkanes) is 1. The summed E-state index contributed by atoms with van der Waals surface area (Å²) in [5.41, 5.74) is 1.62. The average molecular weight is 500 g/mol. The Bertz CT molecular complexity index is 1000. The van der Waals surface area contributed by atoms with Gasteiger partial charge in [0.15, 0.2) is 17.3 Å². The number of methoxy groups -OCH3 is 3. The van der Waals surface area contributed by atoms with Crippen molar-refractivity contribution in [3.63, 3.8) is 0 Å². The summed E-state index contributed by atoms with van der Waals surface area (Å²) in [7, 11) is 4.69. The van der Waals surface area contributed by atoms with E-state index in [1.54, 1.807) is 19.1 Å². The van der Waals surface area contributed by atoms with Gasteiger partial charge in [0.05, 0.1) is 26.5 Å². The molecule has 0 radical (unpaired) electrons. The Morgan fingerprint density at radius 3 is 2.44 bits per heavy atom. The minimum atomic E-state index is -0.152. The highest BCUT2D eigenvalue weighted by Crippen LogP contribution is 2.31. The molecule has 0 aliphatic carbocycles. The van der Waals surface area contributed by atoms with Gasteiger partial charge in [0.1, 0.15) is 6.61 Å². The van der Waals surface area contributed by atoms with Crippen molar-refractivity contribution in [1.29, 1.82) is 0 Å². The summed E-state index contributed by atoms with van der Waals surface area (Å²) >= 11 is 0. The number of benzene rings is 1. The Kier molecular flexibility index (Phi) is 10.3. The Labute approximate surface area is 213 Å². The third kappa shape index (κ3) is 7.07. The first-order valence-electron chi connectivity index (χ1n) is 12.4. The fourth-order valence-electron chi connectivity index (χ4n) is 4.16. The van der Waals surface area contributed by atoms with Gasteiger partial charge in [-0.25, -0.2) is 0 Å². The van der Waals surface area contributed by atoms with Gasteiger partial charge in [0.2, 0.25) is 11.8 Å². The van der Waals surface area contributed by atoms with Crippen LogP contribution in [0.1, 0.15) is 26.2 Å². The quantitative estimate of drug-likeness (QED) is 0.465. The van der Waals surface area contributed by atoms with E-state index < -0.39 is 0 Å². The maximum atomic E-state index is 13.0. The molecular weight excluding hydrogens is 462 g/mol. The summed E-state index contributed by atoms with van der Waals surface area (Å²) in [6.45, 7) is 5.34. The molecule has 1 fully saturated rings. The van der Waals surface area contributed by atoms with E-state index in [2.05, 4.69) is 22.0 Å². The molecule has 0 bridgehead atoms. The zero-order valence-corrected chi connectivity index (χ0v) is 21.7. The molecule has 0 N–H and O–H groups in total. The van der Waals surface area contributed by atoms with Crippen LogP contribution in [-0.4, -0.2) is 99.0 Å². The van der Waals surface area contributed by atoms with Crippen LogP contribution < -0.4 is 14.4 Å². The molecular formula is C26H37N5O5. The molecule has 1 aliphatic heterocycles. The molecule has 36 heavy (non-hydrogen) atoms. The van der Waals surface area contributed by atoms with Gasteiger partial charge in [-0.1, -0.05) is 13.3 Å². The van der Waals surface area contributed by atoms with Crippen LogP contribution in [0.4, 0.5) is 5.82 Å². The lowest BCUT2D eigenvalue weighted by Crippen LogP contribution is -2.45. The normalized spacial score (nSPS) is 13.8. The summed E-state index contributed by atoms with van der Waals surface area (Å²) in [5.74, 6) is 1.88. The number of nitrogens with zero attached hydrogens (tertiary/aromatic N) is 5. The number of carbonyl (C=O) groups is 2. The SMILES string of the molecule is CCCCN(CC(=O)N1CCCN(c2ccc(-c3ccc(OC)c(OC)c3)nn2)CC1)C(=O)COC. The molecule has 2 amide bonds. The van der Waals surface area contributed by atoms with E-state index in [1.807, 2.05) is 35.2 Å². The van der Waals surface area contributed by atoms with Gasteiger partial charge in [0.25, 0.3) is 0 Å². The van der Waals surface area contributed by atoms with E-state index in [0.29, 0.717) is 37.7 Å². The summed E-state index contributed by atoms with van der Waals surface area (Å²) in [4.78, 5) is 31.0. The highest BCUT2D eigenvalue weighted by atomic mass is 16.5. The number of aromatic nitrogens is 2. The number of carbonyl (C=O) groups excluding carboxylic acids is 2. The largest absolute Gasteiger partial charge is 0.493 e. The van der Waals surface area contributed by atoms with E-state index in [-0.39, 0.29) is 25.0 Å². The van der Waals surface area contributed by atoms with E-state index in [4.69, 9.17) is 14.2 Å². The van der Waals surface area contributed by atoms with Crippen molar-refractivity contribution in [3.05, 3.63) is 30.3 Å². The van der Waals surface area contributed by atoms with Gasteiger partial charge in [-0.3, -0.25) is 9.59 Å². The van der Waals surface area contributed by atoms with Gasteiger partial charge in [-0.05, 0) is 43.2 Å². The predicted octanol–water partition coefficient (Wildman–Crippen LogP) is 2.47. The summed E-state index contributed by atoms with van der Waals surface area (Å²) in [6.07, 6.45) is 2.62. The molecule has 1 aliphatic rings. The minimum Gasteiger partial charge on any atom is -0.493 e. The number of ether oxygens (including phenoxy) is 3. The molecule has 0 atom stereocenters. The number of anilines is 1. The topological polar surface area (TPSA) is 97.3 Å². The predicted molar refractivity (Wildman–Crippen MR) is 137 cm³/mol. The van der Waals surface area contributed by atoms with Crippen molar-refractivity contribution < 1.29 is 23.8 Å². The highest BCUT2D eigenvalue weighted by Gasteiger charge is 2.24. The number of amides is 2. The highest BCUT2D eigenvalue weighted by molar-refractivity contribution is 5.85. The van der Waals surface area contributed by atoms with Crippen LogP contribution in [0.3, 0.4) is 0 Å². The Balaban J connectivity index is 1.61. The zero-order chi connectivity index (χ0) is 25.9. The number of hydrogen-bond acceptors (Lipinski definition) is 8. The first-order chi connectivity index (χ1) is 17.5. The van der Waals surface area contributed by atoms with E-state index in [1.165, 1.54) is 7.11 Å². The lowest BCUT2D eigenvalue weighted by atomic mass is 10.1. The van der Waals surface area contributed by atoms with Gasteiger partial charge in [-0.15, -0.1) is 10.2 Å². The van der Waals surface area contributed by atoms with Crippen molar-refractivity contribution in [2.45, 2.75) is 26.2 Å². The molecule has 0 saturated carbocycles. The maximum Gasteiger partial charge on any atom is 0.249 e. The molecule has 1 aromatic carbocycles. The summed E-state index contributed by atoms with van der Waals surface area (Å²) in [5, 5.41) is 8.87. The minimum absolute atomic E-state index is 0.0112. The standard InChI is InChI=1S/C26H37N5O5/c1-5-6-12-31(26(33)19-34-2)18-25(32)30-14-7-13-29(15-16-30)24-11-9-21(27-28-24)20-8-10-22(35-3)23(17-20)36-4/h8-11,17H,5-7,12-16,18-19H2,1-4H3. The van der Waals surface area contributed by atoms with Crippen LogP contribution in [-0.2, 0) is 14.3 Å². The van der Waals surface area contributed by atoms with Crippen LogP contribution in [0.5, 0.6) is 11.5 Å². The fraction of sp³-hybridized carbons (Fsp3) is 0.538. The first kappa shape index (κ1) is 27.2. The second-order valence-corrected chi connectivity index (χ2v) is 8.67. The lowest BCUT2D eigenvalue weighted by Gasteiger charge is -2.27. The Morgan fingerprint density at radius 1 is 0.972 bits per heavy atom. The fourth-order valence-corrected chi connectivity index (χ4v) is 4.16. The molecule has 2 aromatic rings. The second kappa shape index (κ2) is 13.6. The third-order valence-corrected chi connectivity index (χ3v) is 6.23. The summed E-state index contributed by atoms with van der Waals surface area (Å²) < 4.78 is 15.7. The summed E-state index contributed by atoms with van der Waals surface area (Å²) in [6, 6.07) is 9.52. The van der Waals surface area contributed by atoms with E-state index in [0.717, 1.165) is 42.9 Å². The lowest BCUT2D eigenvalue weighted by molar-refractivity contribution is -0.142. The average Bonchev–Trinajstić information content (AvgIpc) is 3.17. The zero-order valence-electron chi connectivity index (χ0n) is 21.7. The van der Waals surface area contributed by atoms with Crippen LogP contribution in [0.25, 0.3) is 11.3 Å². The van der Waals surface area contributed by atoms with Crippen molar-refractivity contribution in [1.82, 2.24) is 20.0 Å². The van der Waals surface area contributed by atoms with Crippen molar-refractivity contribution in [2.75, 3.05) is 72.1 Å². The van der Waals surface area contributed by atoms with Crippen LogP contribution >= 0.6 is 0 Å². The van der Waals surface area contributed by atoms with Crippen molar-refractivity contribution in [2.24, 2.45) is 0 Å². The molecule has 196 valence electrons. The molecule has 10 nitrogen and oxygen atoms in total. The van der Waals surface area contributed by atoms with E-state index >= 15 is 0 Å². The van der Waals surface area contributed by atoms with Crippen molar-refractivity contribution >= 4 is 17.6 Å². The molecule has 3 rings (SSSR count). The van der Waals surface area contributed by atoms with Crippen LogP contribution in [0, 0.1) is 0 Å². The smallest absolute Gasteiger partial charge is 0.249 e. The molecule has 0 unspecified atom stereocenters. The van der Waals surface area contributed by atoms with Crippen LogP contribution in [0.15, 0.2) is 30.3 Å². The molecule has 2 heterocycles. The third-order valence-electron chi connectivity index (χ3n) is 6.23. The Hall–Kier alpha value is -3.40. The monoisotopic (exact) mass is 499 g/mol. The number of rotatable bonds is 11. The van der Waals surface area contributed by atoms with Gasteiger partial charge >= 0.3 is 0 Å². The van der Waals surface area contributed by atoms with Gasteiger partial charge < -0.3 is 28.9 Å².